The van der Waals surface area contributed by atoms with E-state index in [0.29, 0.717) is 6.42 Å². The van der Waals surface area contributed by atoms with Crippen molar-refractivity contribution >= 4 is 5.91 Å². The monoisotopic (exact) mass is 250 g/mol. The number of carbonyl (C=O) groups excluding carboxylic acids is 1. The molecule has 18 heavy (non-hydrogen) atoms. The number of hydrogen-bond acceptors (Lipinski definition) is 2. The summed E-state index contributed by atoms with van der Waals surface area (Å²) >= 11 is 0. The lowest BCUT2D eigenvalue weighted by atomic mass is 9.77. The van der Waals surface area contributed by atoms with Crippen LogP contribution in [0.3, 0.4) is 0 Å². The predicted molar refractivity (Wildman–Crippen MR) is 70.1 cm³/mol. The minimum atomic E-state index is 0.0449. The Morgan fingerprint density at radius 3 is 2.72 bits per heavy atom. The quantitative estimate of drug-likeness (QED) is 0.852. The lowest BCUT2D eigenvalue weighted by Crippen LogP contribution is -2.45. The van der Waals surface area contributed by atoms with Gasteiger partial charge in [-0.2, -0.15) is 0 Å². The van der Waals surface area contributed by atoms with Crippen LogP contribution < -0.4 is 0 Å². The minimum absolute atomic E-state index is 0.0449. The summed E-state index contributed by atoms with van der Waals surface area (Å²) in [7, 11) is 0. The van der Waals surface area contributed by atoms with E-state index in [1.165, 1.54) is 0 Å². The van der Waals surface area contributed by atoms with Gasteiger partial charge in [-0.05, 0) is 36.8 Å². The standard InChI is InChI=1S/C14H22N2O2/c1-2-14(11-17)5-8-16(9-6-14)13(18)10-12-4-3-7-15-12/h3-4,7,15,17H,2,5-6,8-11H2,1H3. The molecule has 1 aromatic heterocycles. The Morgan fingerprint density at radius 2 is 2.22 bits per heavy atom. The molecule has 0 aliphatic carbocycles. The number of aliphatic hydroxyl groups excluding tert-OH is 1. The van der Waals surface area contributed by atoms with Gasteiger partial charge in [0.1, 0.15) is 0 Å². The number of piperidine rings is 1. The maximum atomic E-state index is 12.1. The van der Waals surface area contributed by atoms with Crippen LogP contribution in [0.4, 0.5) is 0 Å². The van der Waals surface area contributed by atoms with Gasteiger partial charge in [0, 0.05) is 31.6 Å². The third kappa shape index (κ3) is 2.75. The number of nitrogens with one attached hydrogen (secondary N) is 1. The Morgan fingerprint density at radius 1 is 1.50 bits per heavy atom. The Labute approximate surface area is 108 Å². The van der Waals surface area contributed by atoms with E-state index in [2.05, 4.69) is 11.9 Å². The van der Waals surface area contributed by atoms with E-state index < -0.39 is 0 Å². The van der Waals surface area contributed by atoms with Gasteiger partial charge in [-0.15, -0.1) is 0 Å². The smallest absolute Gasteiger partial charge is 0.228 e. The average molecular weight is 250 g/mol. The number of aliphatic hydroxyl groups is 1. The second kappa shape index (κ2) is 5.57. The van der Waals surface area contributed by atoms with E-state index in [-0.39, 0.29) is 17.9 Å². The highest BCUT2D eigenvalue weighted by Crippen LogP contribution is 2.34. The molecule has 0 radical (unpaired) electrons. The molecule has 1 aliphatic rings. The second-order valence-corrected chi connectivity index (χ2v) is 5.26. The molecule has 4 nitrogen and oxygen atoms in total. The molecule has 0 aromatic carbocycles. The lowest BCUT2D eigenvalue weighted by Gasteiger charge is -2.40. The minimum Gasteiger partial charge on any atom is -0.396 e. The second-order valence-electron chi connectivity index (χ2n) is 5.26. The van der Waals surface area contributed by atoms with Gasteiger partial charge in [0.15, 0.2) is 0 Å². The highest BCUT2D eigenvalue weighted by molar-refractivity contribution is 5.78. The van der Waals surface area contributed by atoms with Crippen LogP contribution in [-0.2, 0) is 11.2 Å². The number of nitrogens with zero attached hydrogens (tertiary/aromatic N) is 1. The lowest BCUT2D eigenvalue weighted by molar-refractivity contribution is -0.133. The van der Waals surface area contributed by atoms with E-state index in [0.717, 1.165) is 38.0 Å². The van der Waals surface area contributed by atoms with E-state index >= 15 is 0 Å². The first-order chi connectivity index (χ1) is 8.69. The van der Waals surface area contributed by atoms with Crippen LogP contribution in [0.5, 0.6) is 0 Å². The Kier molecular flexibility index (Phi) is 4.07. The summed E-state index contributed by atoms with van der Waals surface area (Å²) in [5.74, 6) is 0.181. The largest absolute Gasteiger partial charge is 0.396 e. The molecule has 1 fully saturated rings. The van der Waals surface area contributed by atoms with Gasteiger partial charge in [0.25, 0.3) is 0 Å². The molecule has 1 aromatic rings. The Balaban J connectivity index is 1.87. The molecular formula is C14H22N2O2. The molecule has 0 atom stereocenters. The summed E-state index contributed by atoms with van der Waals surface area (Å²) in [4.78, 5) is 17.1. The summed E-state index contributed by atoms with van der Waals surface area (Å²) in [6.07, 6.45) is 5.10. The van der Waals surface area contributed by atoms with Gasteiger partial charge in [0.05, 0.1) is 6.42 Å². The number of carbonyl (C=O) groups is 1. The fourth-order valence-electron chi connectivity index (χ4n) is 2.61. The average Bonchev–Trinajstić information content (AvgIpc) is 2.91. The SMILES string of the molecule is CCC1(CO)CCN(C(=O)Cc2ccc[nH]2)CC1. The van der Waals surface area contributed by atoms with E-state index in [9.17, 15) is 9.90 Å². The highest BCUT2D eigenvalue weighted by Gasteiger charge is 2.33. The van der Waals surface area contributed by atoms with Gasteiger partial charge in [-0.1, -0.05) is 6.92 Å². The molecule has 2 rings (SSSR count). The van der Waals surface area contributed by atoms with Crippen LogP contribution >= 0.6 is 0 Å². The van der Waals surface area contributed by atoms with Crippen molar-refractivity contribution in [2.45, 2.75) is 32.6 Å². The number of rotatable bonds is 4. The maximum Gasteiger partial charge on any atom is 0.228 e. The first-order valence-electron chi connectivity index (χ1n) is 6.70. The van der Waals surface area contributed by atoms with Crippen molar-refractivity contribution in [2.24, 2.45) is 5.41 Å². The van der Waals surface area contributed by atoms with Crippen LogP contribution in [0.1, 0.15) is 31.9 Å². The fraction of sp³-hybridized carbons (Fsp3) is 0.643. The van der Waals surface area contributed by atoms with E-state index in [4.69, 9.17) is 0 Å². The zero-order valence-corrected chi connectivity index (χ0v) is 11.0. The normalized spacial score (nSPS) is 18.9. The first kappa shape index (κ1) is 13.1. The highest BCUT2D eigenvalue weighted by atomic mass is 16.3. The van der Waals surface area contributed by atoms with Crippen LogP contribution in [0.25, 0.3) is 0 Å². The summed E-state index contributed by atoms with van der Waals surface area (Å²) in [6, 6.07) is 3.85. The zero-order chi connectivity index (χ0) is 13.0. The first-order valence-corrected chi connectivity index (χ1v) is 6.70. The van der Waals surface area contributed by atoms with Crippen molar-refractivity contribution in [3.05, 3.63) is 24.0 Å². The van der Waals surface area contributed by atoms with Gasteiger partial charge < -0.3 is 15.0 Å². The van der Waals surface area contributed by atoms with Crippen molar-refractivity contribution in [1.82, 2.24) is 9.88 Å². The number of H-pyrrole nitrogens is 1. The third-order valence-electron chi connectivity index (χ3n) is 4.27. The molecule has 0 saturated carbocycles. The Hall–Kier alpha value is -1.29. The molecule has 1 amide bonds. The summed E-state index contributed by atoms with van der Waals surface area (Å²) in [5, 5.41) is 9.47. The molecule has 2 N–H and O–H groups in total. The fourth-order valence-corrected chi connectivity index (χ4v) is 2.61. The molecule has 1 saturated heterocycles. The van der Waals surface area contributed by atoms with Crippen molar-refractivity contribution in [3.8, 4) is 0 Å². The number of aromatic amines is 1. The summed E-state index contributed by atoms with van der Waals surface area (Å²) < 4.78 is 0. The molecule has 4 heteroatoms. The maximum absolute atomic E-state index is 12.1. The van der Waals surface area contributed by atoms with Crippen LogP contribution in [0.2, 0.25) is 0 Å². The molecule has 0 spiro atoms. The zero-order valence-electron chi connectivity index (χ0n) is 11.0. The van der Waals surface area contributed by atoms with Crippen molar-refractivity contribution in [3.63, 3.8) is 0 Å². The van der Waals surface area contributed by atoms with Gasteiger partial charge in [0.2, 0.25) is 5.91 Å². The number of hydrogen-bond donors (Lipinski definition) is 2. The molecule has 2 heterocycles. The van der Waals surface area contributed by atoms with E-state index in [1.807, 2.05) is 23.2 Å². The molecule has 1 aliphatic heterocycles. The van der Waals surface area contributed by atoms with Crippen molar-refractivity contribution in [2.75, 3.05) is 19.7 Å². The van der Waals surface area contributed by atoms with E-state index in [1.54, 1.807) is 0 Å². The molecule has 100 valence electrons. The number of aromatic nitrogens is 1. The van der Waals surface area contributed by atoms with Crippen LogP contribution in [0.15, 0.2) is 18.3 Å². The van der Waals surface area contributed by atoms with Crippen molar-refractivity contribution < 1.29 is 9.90 Å². The number of amides is 1. The molecule has 0 unspecified atom stereocenters. The molecular weight excluding hydrogens is 228 g/mol. The number of likely N-dealkylation sites (tertiary alicyclic amines) is 1. The predicted octanol–water partition coefficient (Wildman–Crippen LogP) is 1.57. The van der Waals surface area contributed by atoms with Crippen molar-refractivity contribution in [1.29, 1.82) is 0 Å². The molecule has 0 bridgehead atoms. The van der Waals surface area contributed by atoms with Crippen LogP contribution in [-0.4, -0.2) is 40.6 Å². The van der Waals surface area contributed by atoms with Crippen LogP contribution in [0, 0.1) is 5.41 Å². The van der Waals surface area contributed by atoms with Gasteiger partial charge >= 0.3 is 0 Å². The third-order valence-corrected chi connectivity index (χ3v) is 4.27. The topological polar surface area (TPSA) is 56.3 Å². The van der Waals surface area contributed by atoms with Gasteiger partial charge in [-0.3, -0.25) is 4.79 Å². The Bertz CT molecular complexity index is 373. The van der Waals surface area contributed by atoms with Gasteiger partial charge in [-0.25, -0.2) is 0 Å². The summed E-state index contributed by atoms with van der Waals surface area (Å²) in [5.41, 5.74) is 1.01. The summed E-state index contributed by atoms with van der Waals surface area (Å²) in [6.45, 7) is 3.90.